The van der Waals surface area contributed by atoms with Crippen molar-refractivity contribution in [3.05, 3.63) is 54.1 Å². The Bertz CT molecular complexity index is 1120. The first-order valence-corrected chi connectivity index (χ1v) is 14.4. The van der Waals surface area contributed by atoms with Crippen molar-refractivity contribution in [3.8, 4) is 11.1 Å². The van der Waals surface area contributed by atoms with Crippen molar-refractivity contribution in [1.82, 2.24) is 14.5 Å². The summed E-state index contributed by atoms with van der Waals surface area (Å²) in [5, 5.41) is 2.89. The van der Waals surface area contributed by atoms with Gasteiger partial charge < -0.3 is 21.7 Å². The minimum Gasteiger partial charge on any atom is -0.339 e. The molecule has 1 heterocycles. The number of likely N-dealkylation sites (N-methyl/N-ethyl adjacent to an activating group) is 1. The highest BCUT2D eigenvalue weighted by Crippen LogP contribution is 2.27. The number of sulfonamides is 1. The van der Waals surface area contributed by atoms with Crippen LogP contribution in [-0.4, -0.2) is 68.0 Å². The number of nitrogens with one attached hydrogen (secondary N) is 1. The van der Waals surface area contributed by atoms with Crippen LogP contribution in [0.3, 0.4) is 0 Å². The normalized spacial score (nSPS) is 20.1. The second-order valence-corrected chi connectivity index (χ2v) is 12.0. The molecule has 0 spiro atoms. The van der Waals surface area contributed by atoms with Gasteiger partial charge in [0.2, 0.25) is 15.9 Å². The second-order valence-electron chi connectivity index (χ2n) is 10.1. The second kappa shape index (κ2) is 11.4. The van der Waals surface area contributed by atoms with Crippen molar-refractivity contribution < 1.29 is 13.2 Å². The van der Waals surface area contributed by atoms with E-state index in [4.69, 9.17) is 11.5 Å². The van der Waals surface area contributed by atoms with Crippen LogP contribution in [0.25, 0.3) is 11.1 Å². The molecule has 36 heavy (non-hydrogen) atoms. The number of carbonyl (C=O) groups is 1. The van der Waals surface area contributed by atoms with Gasteiger partial charge >= 0.3 is 0 Å². The SMILES string of the molecule is CCN1CCN(S(=O)(=O)c2ccc(-c3ccc(C[C@H](N)NC(=O)C4(N)CCCCC4)cc3)cc2)CC1. The highest BCUT2D eigenvalue weighted by Gasteiger charge is 2.35. The third kappa shape index (κ3) is 6.15. The molecule has 196 valence electrons. The molecular weight excluding hydrogens is 474 g/mol. The minimum absolute atomic E-state index is 0.159. The van der Waals surface area contributed by atoms with Crippen LogP contribution in [0.5, 0.6) is 0 Å². The molecule has 1 amide bonds. The van der Waals surface area contributed by atoms with Crippen LogP contribution in [0.1, 0.15) is 44.6 Å². The molecule has 8 nitrogen and oxygen atoms in total. The molecule has 9 heteroatoms. The zero-order chi connectivity index (χ0) is 25.8. The van der Waals surface area contributed by atoms with Crippen molar-refractivity contribution in [2.75, 3.05) is 32.7 Å². The lowest BCUT2D eigenvalue weighted by Gasteiger charge is -2.33. The topological polar surface area (TPSA) is 122 Å². The highest BCUT2D eigenvalue weighted by atomic mass is 32.2. The van der Waals surface area contributed by atoms with Crippen LogP contribution in [-0.2, 0) is 21.2 Å². The van der Waals surface area contributed by atoms with Crippen LogP contribution >= 0.6 is 0 Å². The van der Waals surface area contributed by atoms with Crippen LogP contribution in [0.15, 0.2) is 53.4 Å². The number of nitrogens with zero attached hydrogens (tertiary/aromatic N) is 2. The van der Waals surface area contributed by atoms with Gasteiger partial charge in [-0.1, -0.05) is 62.6 Å². The van der Waals surface area contributed by atoms with E-state index in [0.29, 0.717) is 37.2 Å². The van der Waals surface area contributed by atoms with E-state index in [-0.39, 0.29) is 5.91 Å². The standard InChI is InChI=1S/C27H39N5O3S/c1-2-31-16-18-32(19-17-31)36(34,35)24-12-10-23(11-13-24)22-8-6-21(7-9-22)20-25(28)30-26(33)27(29)14-4-3-5-15-27/h6-13,25H,2-5,14-20,28-29H2,1H3,(H,30,33)/t25-/m1/s1. The Labute approximate surface area is 215 Å². The largest absolute Gasteiger partial charge is 0.339 e. The van der Waals surface area contributed by atoms with E-state index in [1.807, 2.05) is 36.4 Å². The van der Waals surface area contributed by atoms with Gasteiger partial charge in [-0.3, -0.25) is 4.79 Å². The summed E-state index contributed by atoms with van der Waals surface area (Å²) in [7, 11) is -3.49. The zero-order valence-electron chi connectivity index (χ0n) is 21.2. The van der Waals surface area contributed by atoms with E-state index in [2.05, 4.69) is 17.1 Å². The van der Waals surface area contributed by atoms with Crippen molar-refractivity contribution in [2.45, 2.75) is 62.0 Å². The first-order valence-electron chi connectivity index (χ1n) is 13.0. The molecule has 2 aromatic rings. The number of rotatable bonds is 8. The molecule has 4 rings (SSSR count). The first-order chi connectivity index (χ1) is 17.2. The van der Waals surface area contributed by atoms with E-state index in [1.54, 1.807) is 16.4 Å². The first kappa shape index (κ1) is 26.8. The summed E-state index contributed by atoms with van der Waals surface area (Å²) in [6, 6.07) is 15.0. The zero-order valence-corrected chi connectivity index (χ0v) is 22.0. The molecule has 1 aliphatic heterocycles. The lowest BCUT2D eigenvalue weighted by molar-refractivity contribution is -0.128. The van der Waals surface area contributed by atoms with Crippen molar-refractivity contribution >= 4 is 15.9 Å². The Hall–Kier alpha value is -2.30. The molecule has 5 N–H and O–H groups in total. The molecule has 2 aromatic carbocycles. The maximum absolute atomic E-state index is 13.0. The number of amides is 1. The Morgan fingerprint density at radius 3 is 2.06 bits per heavy atom. The van der Waals surface area contributed by atoms with Gasteiger partial charge in [0.05, 0.1) is 16.6 Å². The van der Waals surface area contributed by atoms with Crippen molar-refractivity contribution in [2.24, 2.45) is 11.5 Å². The van der Waals surface area contributed by atoms with E-state index in [0.717, 1.165) is 55.6 Å². The third-order valence-corrected chi connectivity index (χ3v) is 9.44. The average molecular weight is 514 g/mol. The summed E-state index contributed by atoms with van der Waals surface area (Å²) in [6.07, 6.45) is 4.48. The summed E-state index contributed by atoms with van der Waals surface area (Å²) in [5.41, 5.74) is 14.6. The van der Waals surface area contributed by atoms with Gasteiger partial charge in [-0.25, -0.2) is 8.42 Å². The lowest BCUT2D eigenvalue weighted by atomic mass is 9.82. The Morgan fingerprint density at radius 2 is 1.50 bits per heavy atom. The number of hydrogen-bond donors (Lipinski definition) is 3. The Morgan fingerprint density at radius 1 is 0.944 bits per heavy atom. The van der Waals surface area contributed by atoms with Crippen molar-refractivity contribution in [1.29, 1.82) is 0 Å². The fourth-order valence-corrected chi connectivity index (χ4v) is 6.54. The Balaban J connectivity index is 1.35. The Kier molecular flexibility index (Phi) is 8.47. The van der Waals surface area contributed by atoms with Crippen LogP contribution in [0.4, 0.5) is 0 Å². The van der Waals surface area contributed by atoms with Gasteiger partial charge in [-0.05, 0) is 48.2 Å². The van der Waals surface area contributed by atoms with Gasteiger partial charge in [0.25, 0.3) is 0 Å². The summed E-state index contributed by atoms with van der Waals surface area (Å²) in [6.45, 7) is 5.61. The fourth-order valence-electron chi connectivity index (χ4n) is 5.11. The van der Waals surface area contributed by atoms with Gasteiger partial charge in [0.15, 0.2) is 0 Å². The van der Waals surface area contributed by atoms with Crippen LogP contribution < -0.4 is 16.8 Å². The summed E-state index contributed by atoms with van der Waals surface area (Å²) in [4.78, 5) is 15.2. The molecule has 1 atom stereocenters. The monoisotopic (exact) mass is 513 g/mol. The number of carbonyl (C=O) groups excluding carboxylic acids is 1. The van der Waals surface area contributed by atoms with E-state index < -0.39 is 21.7 Å². The van der Waals surface area contributed by atoms with E-state index >= 15 is 0 Å². The van der Waals surface area contributed by atoms with Gasteiger partial charge in [-0.15, -0.1) is 0 Å². The summed E-state index contributed by atoms with van der Waals surface area (Å²) < 4.78 is 27.6. The molecule has 1 saturated carbocycles. The number of piperazine rings is 1. The molecule has 0 radical (unpaired) electrons. The molecule has 2 aliphatic rings. The average Bonchev–Trinajstić information content (AvgIpc) is 2.89. The summed E-state index contributed by atoms with van der Waals surface area (Å²) >= 11 is 0. The summed E-state index contributed by atoms with van der Waals surface area (Å²) in [5.74, 6) is -0.159. The number of benzene rings is 2. The quantitative estimate of drug-likeness (QED) is 0.466. The lowest BCUT2D eigenvalue weighted by Crippen LogP contribution is -2.59. The smallest absolute Gasteiger partial charge is 0.243 e. The molecule has 0 unspecified atom stereocenters. The minimum atomic E-state index is -3.49. The van der Waals surface area contributed by atoms with Crippen LogP contribution in [0.2, 0.25) is 0 Å². The van der Waals surface area contributed by atoms with Gasteiger partial charge in [-0.2, -0.15) is 4.31 Å². The predicted molar refractivity (Wildman–Crippen MR) is 143 cm³/mol. The van der Waals surface area contributed by atoms with Gasteiger partial charge in [0, 0.05) is 32.6 Å². The molecule has 0 aromatic heterocycles. The molecule has 0 bridgehead atoms. The highest BCUT2D eigenvalue weighted by molar-refractivity contribution is 7.89. The van der Waals surface area contributed by atoms with E-state index in [9.17, 15) is 13.2 Å². The third-order valence-electron chi connectivity index (χ3n) is 7.53. The van der Waals surface area contributed by atoms with Crippen molar-refractivity contribution in [3.63, 3.8) is 0 Å². The molecule has 1 aliphatic carbocycles. The molecular formula is C27H39N5O3S. The predicted octanol–water partition coefficient (Wildman–Crippen LogP) is 2.28. The van der Waals surface area contributed by atoms with Gasteiger partial charge in [0.1, 0.15) is 0 Å². The molecule has 2 fully saturated rings. The fraction of sp³-hybridized carbons (Fsp3) is 0.519. The maximum Gasteiger partial charge on any atom is 0.243 e. The van der Waals surface area contributed by atoms with E-state index in [1.165, 1.54) is 0 Å². The number of nitrogens with two attached hydrogens (primary N) is 2. The van der Waals surface area contributed by atoms with Crippen LogP contribution in [0, 0.1) is 0 Å². The molecule has 1 saturated heterocycles. The number of hydrogen-bond acceptors (Lipinski definition) is 6. The maximum atomic E-state index is 13.0.